The zero-order valence-electron chi connectivity index (χ0n) is 13.6. The van der Waals surface area contributed by atoms with E-state index in [1.807, 2.05) is 0 Å². The van der Waals surface area contributed by atoms with Crippen LogP contribution in [0.5, 0.6) is 0 Å². The van der Waals surface area contributed by atoms with Crippen LogP contribution in [0.25, 0.3) is 17.5 Å². The molecule has 8 heteroatoms. The second-order valence-electron chi connectivity index (χ2n) is 5.28. The van der Waals surface area contributed by atoms with Gasteiger partial charge in [-0.15, -0.1) is 0 Å². The molecule has 26 heavy (non-hydrogen) atoms. The Bertz CT molecular complexity index is 942. The maximum Gasteiger partial charge on any atom is 0.331 e. The lowest BCUT2D eigenvalue weighted by Crippen LogP contribution is -2.06. The van der Waals surface area contributed by atoms with Crippen molar-refractivity contribution in [3.63, 3.8) is 0 Å². The molecule has 1 unspecified atom stereocenters. The van der Waals surface area contributed by atoms with E-state index >= 15 is 0 Å². The van der Waals surface area contributed by atoms with E-state index in [4.69, 9.17) is 32.5 Å². The smallest absolute Gasteiger partial charge is 0.331 e. The first-order valence-corrected chi connectivity index (χ1v) is 8.36. The molecule has 0 radical (unpaired) electrons. The molecule has 3 aromatic rings. The molecular formula is C18H13Cl2N3O3. The number of ether oxygens (including phenoxy) is 1. The number of pyridine rings is 1. The average Bonchev–Trinajstić information content (AvgIpc) is 3.14. The van der Waals surface area contributed by atoms with Gasteiger partial charge in [0.25, 0.3) is 5.89 Å². The van der Waals surface area contributed by atoms with E-state index in [-0.39, 0.29) is 5.89 Å². The zero-order chi connectivity index (χ0) is 18.5. The topological polar surface area (TPSA) is 78.1 Å². The third-order valence-electron chi connectivity index (χ3n) is 3.36. The van der Waals surface area contributed by atoms with E-state index in [1.165, 1.54) is 6.08 Å². The summed E-state index contributed by atoms with van der Waals surface area (Å²) in [6, 6.07) is 8.60. The zero-order valence-corrected chi connectivity index (χ0v) is 15.1. The quantitative estimate of drug-likeness (QED) is 0.462. The average molecular weight is 390 g/mol. The maximum absolute atomic E-state index is 12.0. The van der Waals surface area contributed by atoms with Crippen LogP contribution in [0.15, 0.2) is 53.3 Å². The van der Waals surface area contributed by atoms with Crippen molar-refractivity contribution in [2.24, 2.45) is 0 Å². The predicted octanol–water partition coefficient (Wildman–Crippen LogP) is 4.76. The Hall–Kier alpha value is -2.70. The number of rotatable bonds is 5. The number of aromatic nitrogens is 3. The van der Waals surface area contributed by atoms with E-state index < -0.39 is 12.1 Å². The minimum atomic E-state index is -0.695. The third-order valence-corrected chi connectivity index (χ3v) is 4.10. The van der Waals surface area contributed by atoms with Crippen LogP contribution in [-0.4, -0.2) is 21.1 Å². The lowest BCUT2D eigenvalue weighted by molar-refractivity contribution is -0.143. The minimum absolute atomic E-state index is 0.195. The van der Waals surface area contributed by atoms with Gasteiger partial charge in [0.2, 0.25) is 5.82 Å². The highest BCUT2D eigenvalue weighted by Crippen LogP contribution is 2.23. The molecule has 0 saturated carbocycles. The Balaban J connectivity index is 1.63. The molecular weight excluding hydrogens is 377 g/mol. The SMILES string of the molecule is CC(OC(=O)/C=C/c1ccc(Cl)c(Cl)c1)c1nc(-c2cccnc2)no1. The molecule has 0 spiro atoms. The van der Waals surface area contributed by atoms with Crippen LogP contribution >= 0.6 is 23.2 Å². The fourth-order valence-corrected chi connectivity index (χ4v) is 2.36. The molecule has 3 rings (SSSR count). The van der Waals surface area contributed by atoms with Gasteiger partial charge < -0.3 is 9.26 Å². The van der Waals surface area contributed by atoms with E-state index in [1.54, 1.807) is 55.7 Å². The lowest BCUT2D eigenvalue weighted by Gasteiger charge is -2.06. The number of halogens is 2. The van der Waals surface area contributed by atoms with E-state index in [0.29, 0.717) is 21.4 Å². The van der Waals surface area contributed by atoms with Gasteiger partial charge in [-0.3, -0.25) is 4.98 Å². The highest BCUT2D eigenvalue weighted by molar-refractivity contribution is 6.42. The molecule has 0 bridgehead atoms. The minimum Gasteiger partial charge on any atom is -0.449 e. The molecule has 0 amide bonds. The summed E-state index contributed by atoms with van der Waals surface area (Å²) in [6.07, 6.45) is 5.43. The van der Waals surface area contributed by atoms with Gasteiger partial charge in [-0.05, 0) is 42.8 Å². The molecule has 0 aliphatic heterocycles. The summed E-state index contributed by atoms with van der Waals surface area (Å²) < 4.78 is 10.4. The molecule has 1 aromatic carbocycles. The highest BCUT2D eigenvalue weighted by atomic mass is 35.5. The molecule has 2 aromatic heterocycles. The van der Waals surface area contributed by atoms with E-state index in [9.17, 15) is 4.79 Å². The maximum atomic E-state index is 12.0. The molecule has 0 aliphatic rings. The van der Waals surface area contributed by atoms with Gasteiger partial charge in [0.1, 0.15) is 0 Å². The Morgan fingerprint density at radius 1 is 1.27 bits per heavy atom. The van der Waals surface area contributed by atoms with Crippen molar-refractivity contribution in [3.8, 4) is 11.4 Å². The Kier molecular flexibility index (Phi) is 5.65. The van der Waals surface area contributed by atoms with Gasteiger partial charge >= 0.3 is 5.97 Å². The summed E-state index contributed by atoms with van der Waals surface area (Å²) in [5.41, 5.74) is 1.43. The second-order valence-corrected chi connectivity index (χ2v) is 6.10. The van der Waals surface area contributed by atoms with Crippen LogP contribution in [0.1, 0.15) is 24.5 Å². The van der Waals surface area contributed by atoms with E-state index in [0.717, 1.165) is 5.56 Å². The van der Waals surface area contributed by atoms with Crippen LogP contribution in [0.4, 0.5) is 0 Å². The highest BCUT2D eigenvalue weighted by Gasteiger charge is 2.18. The van der Waals surface area contributed by atoms with Crippen LogP contribution in [0, 0.1) is 0 Å². The van der Waals surface area contributed by atoms with Crippen LogP contribution in [-0.2, 0) is 9.53 Å². The molecule has 0 fully saturated rings. The van der Waals surface area contributed by atoms with Gasteiger partial charge in [-0.25, -0.2) is 4.79 Å². The fourth-order valence-electron chi connectivity index (χ4n) is 2.06. The first kappa shape index (κ1) is 18.1. The van der Waals surface area contributed by atoms with E-state index in [2.05, 4.69) is 15.1 Å². The van der Waals surface area contributed by atoms with Gasteiger partial charge in [-0.1, -0.05) is 34.4 Å². The van der Waals surface area contributed by atoms with Crippen molar-refractivity contribution in [2.45, 2.75) is 13.0 Å². The normalized spacial score (nSPS) is 12.3. The predicted molar refractivity (Wildman–Crippen MR) is 97.5 cm³/mol. The standard InChI is InChI=1S/C18H13Cl2N3O3/c1-11(18-22-17(23-26-18)13-3-2-8-21-10-13)25-16(24)7-5-12-4-6-14(19)15(20)9-12/h2-11H,1H3/b7-5+. The summed E-state index contributed by atoms with van der Waals surface area (Å²) in [4.78, 5) is 20.2. The first-order chi connectivity index (χ1) is 12.5. The molecule has 6 nitrogen and oxygen atoms in total. The van der Waals surface area contributed by atoms with Crippen molar-refractivity contribution in [2.75, 3.05) is 0 Å². The van der Waals surface area contributed by atoms with Crippen LogP contribution in [0.3, 0.4) is 0 Å². The first-order valence-electron chi connectivity index (χ1n) is 7.60. The van der Waals surface area contributed by atoms with Crippen LogP contribution < -0.4 is 0 Å². The monoisotopic (exact) mass is 389 g/mol. The second kappa shape index (κ2) is 8.12. The number of esters is 1. The largest absolute Gasteiger partial charge is 0.449 e. The van der Waals surface area contributed by atoms with Crippen molar-refractivity contribution in [3.05, 3.63) is 70.3 Å². The Morgan fingerprint density at radius 2 is 2.12 bits per heavy atom. The number of hydrogen-bond acceptors (Lipinski definition) is 6. The molecule has 132 valence electrons. The lowest BCUT2D eigenvalue weighted by atomic mass is 10.2. The number of nitrogens with zero attached hydrogens (tertiary/aromatic N) is 3. The number of carbonyl (C=O) groups excluding carboxylic acids is 1. The summed E-state index contributed by atoms with van der Waals surface area (Å²) in [5.74, 6) is 0.0205. The van der Waals surface area contributed by atoms with Crippen molar-refractivity contribution in [1.82, 2.24) is 15.1 Å². The molecule has 1 atom stereocenters. The number of benzene rings is 1. The number of carbonyl (C=O) groups is 1. The van der Waals surface area contributed by atoms with Gasteiger partial charge in [-0.2, -0.15) is 4.98 Å². The van der Waals surface area contributed by atoms with Gasteiger partial charge in [0.05, 0.1) is 10.0 Å². The Labute approximate surface area is 159 Å². The molecule has 0 aliphatic carbocycles. The molecule has 2 heterocycles. The fraction of sp³-hybridized carbons (Fsp3) is 0.111. The molecule has 0 saturated heterocycles. The number of hydrogen-bond donors (Lipinski definition) is 0. The van der Waals surface area contributed by atoms with Gasteiger partial charge in [0, 0.05) is 24.0 Å². The van der Waals surface area contributed by atoms with Crippen molar-refractivity contribution in [1.29, 1.82) is 0 Å². The third kappa shape index (κ3) is 4.47. The van der Waals surface area contributed by atoms with Crippen molar-refractivity contribution >= 4 is 35.2 Å². The summed E-state index contributed by atoms with van der Waals surface area (Å²) in [6.45, 7) is 1.64. The van der Waals surface area contributed by atoms with Gasteiger partial charge in [0.15, 0.2) is 6.10 Å². The van der Waals surface area contributed by atoms with Crippen LogP contribution in [0.2, 0.25) is 10.0 Å². The molecule has 0 N–H and O–H groups in total. The summed E-state index contributed by atoms with van der Waals surface area (Å²) in [7, 11) is 0. The van der Waals surface area contributed by atoms with Crippen molar-refractivity contribution < 1.29 is 14.1 Å². The summed E-state index contributed by atoms with van der Waals surface area (Å²) in [5, 5.41) is 4.72. The Morgan fingerprint density at radius 3 is 2.85 bits per heavy atom. The summed E-state index contributed by atoms with van der Waals surface area (Å²) >= 11 is 11.8.